The van der Waals surface area contributed by atoms with Gasteiger partial charge in [-0.3, -0.25) is 4.79 Å². The molecule has 1 fully saturated rings. The van der Waals surface area contributed by atoms with Crippen LogP contribution in [0.5, 0.6) is 5.75 Å². The molecule has 3 N–H and O–H groups in total. The SMILES string of the molecule is CO[C@@H]1CCC[C@@H](Oc2cc(F)ccc2Nc2ncnc3sc(C(N)=O)c(C)c23)C1. The molecule has 158 valence electrons. The van der Waals surface area contributed by atoms with Crippen molar-refractivity contribution in [2.24, 2.45) is 5.73 Å². The quantitative estimate of drug-likeness (QED) is 0.604. The van der Waals surface area contributed by atoms with Crippen molar-refractivity contribution in [3.05, 3.63) is 40.8 Å². The summed E-state index contributed by atoms with van der Waals surface area (Å²) < 4.78 is 25.6. The number of nitrogens with two attached hydrogens (primary N) is 1. The monoisotopic (exact) mass is 430 g/mol. The first kappa shape index (κ1) is 20.5. The molecule has 1 saturated carbocycles. The molecule has 0 saturated heterocycles. The van der Waals surface area contributed by atoms with Crippen molar-refractivity contribution in [1.82, 2.24) is 9.97 Å². The van der Waals surface area contributed by atoms with E-state index in [1.165, 1.54) is 29.8 Å². The van der Waals surface area contributed by atoms with Crippen LogP contribution in [0.4, 0.5) is 15.9 Å². The Balaban J connectivity index is 1.66. The number of halogens is 1. The largest absolute Gasteiger partial charge is 0.488 e. The minimum absolute atomic E-state index is 0.0548. The molecule has 1 aliphatic carbocycles. The van der Waals surface area contributed by atoms with Crippen molar-refractivity contribution in [1.29, 1.82) is 0 Å². The van der Waals surface area contributed by atoms with E-state index in [4.69, 9.17) is 15.2 Å². The number of amides is 1. The summed E-state index contributed by atoms with van der Waals surface area (Å²) >= 11 is 1.22. The highest BCUT2D eigenvalue weighted by atomic mass is 32.1. The van der Waals surface area contributed by atoms with Gasteiger partial charge >= 0.3 is 0 Å². The maximum absolute atomic E-state index is 14.0. The molecule has 1 aliphatic rings. The second-order valence-corrected chi connectivity index (χ2v) is 8.35. The van der Waals surface area contributed by atoms with Crippen LogP contribution in [0.1, 0.15) is 40.9 Å². The topological polar surface area (TPSA) is 99.4 Å². The third kappa shape index (κ3) is 4.08. The van der Waals surface area contributed by atoms with Crippen LogP contribution in [0.15, 0.2) is 24.5 Å². The van der Waals surface area contributed by atoms with Gasteiger partial charge in [0.25, 0.3) is 5.91 Å². The zero-order valence-electron chi connectivity index (χ0n) is 16.8. The van der Waals surface area contributed by atoms with Crippen LogP contribution in [0, 0.1) is 12.7 Å². The lowest BCUT2D eigenvalue weighted by atomic mass is 9.95. The highest BCUT2D eigenvalue weighted by Crippen LogP contribution is 2.37. The predicted molar refractivity (Wildman–Crippen MR) is 114 cm³/mol. The number of methoxy groups -OCH3 is 1. The molecule has 1 amide bonds. The lowest BCUT2D eigenvalue weighted by Gasteiger charge is -2.29. The average Bonchev–Trinajstić information content (AvgIpc) is 3.08. The second kappa shape index (κ2) is 8.53. The highest BCUT2D eigenvalue weighted by molar-refractivity contribution is 7.20. The number of primary amides is 1. The van der Waals surface area contributed by atoms with Gasteiger partial charge in [-0.1, -0.05) is 0 Å². The van der Waals surface area contributed by atoms with Crippen LogP contribution in [-0.2, 0) is 4.74 Å². The molecule has 1 aromatic carbocycles. The van der Waals surface area contributed by atoms with Crippen LogP contribution in [-0.4, -0.2) is 35.2 Å². The number of nitrogens with zero attached hydrogens (tertiary/aromatic N) is 2. The van der Waals surface area contributed by atoms with E-state index in [0.717, 1.165) is 25.7 Å². The zero-order chi connectivity index (χ0) is 21.3. The standard InChI is InChI=1S/C21H23FN4O3S/c1-11-17-20(24-10-25-21(17)30-18(11)19(23)27)26-15-7-6-12(22)8-16(15)29-14-5-3-4-13(9-14)28-2/h6-8,10,13-14H,3-5,9H2,1-2H3,(H2,23,27)(H,24,25,26)/t13-,14-/m1/s1. The maximum Gasteiger partial charge on any atom is 0.259 e. The smallest absolute Gasteiger partial charge is 0.259 e. The number of ether oxygens (including phenoxy) is 2. The Bertz CT molecular complexity index is 1090. The number of aromatic nitrogens is 2. The summed E-state index contributed by atoms with van der Waals surface area (Å²) in [5.41, 5.74) is 6.78. The number of aryl methyl sites for hydroxylation is 1. The van der Waals surface area contributed by atoms with E-state index in [1.54, 1.807) is 13.2 Å². The van der Waals surface area contributed by atoms with E-state index < -0.39 is 5.91 Å². The van der Waals surface area contributed by atoms with Crippen molar-refractivity contribution in [2.75, 3.05) is 12.4 Å². The van der Waals surface area contributed by atoms with Gasteiger partial charge in [0.15, 0.2) is 0 Å². The maximum atomic E-state index is 14.0. The van der Waals surface area contributed by atoms with Gasteiger partial charge in [0.1, 0.15) is 34.6 Å². The Labute approximate surface area is 177 Å². The molecular formula is C21H23FN4O3S. The number of thiophene rings is 1. The van der Waals surface area contributed by atoms with E-state index in [2.05, 4.69) is 15.3 Å². The van der Waals surface area contributed by atoms with Gasteiger partial charge in [0.2, 0.25) is 0 Å². The molecule has 7 nitrogen and oxygen atoms in total. The predicted octanol–water partition coefficient (Wildman–Crippen LogP) is 4.32. The van der Waals surface area contributed by atoms with Crippen LogP contribution in [0.25, 0.3) is 10.2 Å². The minimum atomic E-state index is -0.503. The van der Waals surface area contributed by atoms with Crippen molar-refractivity contribution >= 4 is 39.0 Å². The molecule has 3 aromatic rings. The summed E-state index contributed by atoms with van der Waals surface area (Å²) in [4.78, 5) is 21.4. The fourth-order valence-corrected chi connectivity index (χ4v) is 4.83. The number of nitrogens with one attached hydrogen (secondary N) is 1. The number of hydrogen-bond acceptors (Lipinski definition) is 7. The first-order valence-corrected chi connectivity index (χ1v) is 10.6. The molecule has 2 aromatic heterocycles. The van der Waals surface area contributed by atoms with Gasteiger partial charge in [0, 0.05) is 19.6 Å². The number of rotatable bonds is 6. The molecule has 0 bridgehead atoms. The first-order chi connectivity index (χ1) is 14.5. The highest BCUT2D eigenvalue weighted by Gasteiger charge is 2.24. The molecule has 2 atom stereocenters. The normalized spacial score (nSPS) is 19.0. The number of carbonyl (C=O) groups is 1. The molecule has 0 spiro atoms. The van der Waals surface area contributed by atoms with Crippen LogP contribution >= 0.6 is 11.3 Å². The number of fused-ring (bicyclic) bond motifs is 1. The summed E-state index contributed by atoms with van der Waals surface area (Å²) in [6.45, 7) is 1.81. The second-order valence-electron chi connectivity index (χ2n) is 7.35. The van der Waals surface area contributed by atoms with Gasteiger partial charge in [-0.05, 0) is 43.9 Å². The summed E-state index contributed by atoms with van der Waals surface area (Å²) in [7, 11) is 1.70. The Morgan fingerprint density at radius 3 is 2.87 bits per heavy atom. The van der Waals surface area contributed by atoms with Gasteiger partial charge in [-0.25, -0.2) is 14.4 Å². The van der Waals surface area contributed by atoms with E-state index in [9.17, 15) is 9.18 Å². The molecular weight excluding hydrogens is 407 g/mol. The van der Waals surface area contributed by atoms with Gasteiger partial charge < -0.3 is 20.5 Å². The molecule has 0 aliphatic heterocycles. The zero-order valence-corrected chi connectivity index (χ0v) is 17.6. The Hall–Kier alpha value is -2.78. The van der Waals surface area contributed by atoms with Crippen LogP contribution in [0.2, 0.25) is 0 Å². The third-order valence-electron chi connectivity index (χ3n) is 5.35. The lowest BCUT2D eigenvalue weighted by Crippen LogP contribution is -2.29. The van der Waals surface area contributed by atoms with Crippen molar-refractivity contribution in [3.63, 3.8) is 0 Å². The minimum Gasteiger partial charge on any atom is -0.488 e. The molecule has 4 rings (SSSR count). The van der Waals surface area contributed by atoms with Crippen molar-refractivity contribution in [2.45, 2.75) is 44.8 Å². The van der Waals surface area contributed by atoms with E-state index in [1.807, 2.05) is 6.92 Å². The van der Waals surface area contributed by atoms with Crippen LogP contribution in [0.3, 0.4) is 0 Å². The lowest BCUT2D eigenvalue weighted by molar-refractivity contribution is 0.0211. The summed E-state index contributed by atoms with van der Waals surface area (Å²) in [5, 5.41) is 3.94. The summed E-state index contributed by atoms with van der Waals surface area (Å²) in [6, 6.07) is 4.35. The summed E-state index contributed by atoms with van der Waals surface area (Å²) in [6.07, 6.45) is 5.16. The molecule has 0 radical (unpaired) electrons. The Kier molecular flexibility index (Phi) is 5.83. The van der Waals surface area contributed by atoms with E-state index in [0.29, 0.717) is 37.9 Å². The van der Waals surface area contributed by atoms with Gasteiger partial charge in [-0.15, -0.1) is 11.3 Å². The molecule has 2 heterocycles. The van der Waals surface area contributed by atoms with Gasteiger partial charge in [-0.2, -0.15) is 0 Å². The Morgan fingerprint density at radius 1 is 1.30 bits per heavy atom. The summed E-state index contributed by atoms with van der Waals surface area (Å²) in [5.74, 6) is 0.0325. The Morgan fingerprint density at radius 2 is 2.10 bits per heavy atom. The van der Waals surface area contributed by atoms with Crippen LogP contribution < -0.4 is 15.8 Å². The first-order valence-electron chi connectivity index (χ1n) is 9.76. The van der Waals surface area contributed by atoms with Crippen molar-refractivity contribution < 1.29 is 18.7 Å². The third-order valence-corrected chi connectivity index (χ3v) is 6.57. The molecule has 9 heteroatoms. The van der Waals surface area contributed by atoms with E-state index in [-0.39, 0.29) is 18.0 Å². The fraction of sp³-hybridized carbons (Fsp3) is 0.381. The number of carbonyl (C=O) groups excluding carboxylic acids is 1. The molecule has 0 unspecified atom stereocenters. The average molecular weight is 431 g/mol. The number of hydrogen-bond donors (Lipinski definition) is 2. The fourth-order valence-electron chi connectivity index (χ4n) is 3.83. The van der Waals surface area contributed by atoms with Crippen molar-refractivity contribution in [3.8, 4) is 5.75 Å². The van der Waals surface area contributed by atoms with E-state index >= 15 is 0 Å². The number of anilines is 2. The van der Waals surface area contributed by atoms with Gasteiger partial charge in [0.05, 0.1) is 22.1 Å². The molecule has 30 heavy (non-hydrogen) atoms. The number of benzene rings is 1.